The minimum absolute atomic E-state index is 0.104. The van der Waals surface area contributed by atoms with Gasteiger partial charge in [0.25, 0.3) is 5.91 Å². The lowest BCUT2D eigenvalue weighted by molar-refractivity contribution is 0.0934. The van der Waals surface area contributed by atoms with E-state index in [2.05, 4.69) is 22.5 Å². The molecule has 2 heterocycles. The molecule has 1 amide bonds. The Morgan fingerprint density at radius 2 is 2.09 bits per heavy atom. The number of aromatic nitrogens is 3. The first kappa shape index (κ1) is 16.3. The second-order valence-corrected chi connectivity index (χ2v) is 5.54. The van der Waals surface area contributed by atoms with E-state index in [0.29, 0.717) is 5.56 Å². The Hall–Kier alpha value is -2.11. The summed E-state index contributed by atoms with van der Waals surface area (Å²) in [4.78, 5) is 12.6. The number of rotatable bonds is 6. The molecule has 0 saturated carbocycles. The lowest BCUT2D eigenvalue weighted by Gasteiger charge is -2.16. The smallest absolute Gasteiger partial charge is 0.255 e. The summed E-state index contributed by atoms with van der Waals surface area (Å²) in [6.45, 7) is 10.6. The first-order chi connectivity index (χ1) is 10.5. The second kappa shape index (κ2) is 6.77. The van der Waals surface area contributed by atoms with Crippen molar-refractivity contribution in [1.29, 1.82) is 0 Å². The number of aryl methyl sites for hydroxylation is 3. The highest BCUT2D eigenvalue weighted by atomic mass is 16.5. The van der Waals surface area contributed by atoms with Gasteiger partial charge in [0.05, 0.1) is 23.5 Å². The first-order valence-electron chi connectivity index (χ1n) is 7.75. The highest BCUT2D eigenvalue weighted by molar-refractivity contribution is 5.95. The minimum Gasteiger partial charge on any atom is -0.361 e. The van der Waals surface area contributed by atoms with Gasteiger partial charge in [-0.1, -0.05) is 19.0 Å². The fraction of sp³-hybridized carbons (Fsp3) is 0.562. The van der Waals surface area contributed by atoms with Crippen molar-refractivity contribution in [3.8, 4) is 0 Å². The number of carbonyl (C=O) groups excluding carboxylic acids is 1. The standard InChI is InChI=1S/C16H24N4O2/c1-6-8-20-11(4)13(9-17-20)16(21)18-14(7-2)15-10(3)19-22-12(15)5/h9,14H,6-8H2,1-5H3,(H,18,21). The van der Waals surface area contributed by atoms with E-state index >= 15 is 0 Å². The van der Waals surface area contributed by atoms with Crippen molar-refractivity contribution in [2.45, 2.75) is 60.0 Å². The van der Waals surface area contributed by atoms with E-state index in [-0.39, 0.29) is 11.9 Å². The Morgan fingerprint density at radius 3 is 2.64 bits per heavy atom. The summed E-state index contributed by atoms with van der Waals surface area (Å²) in [7, 11) is 0. The predicted octanol–water partition coefficient (Wildman–Crippen LogP) is 3.09. The second-order valence-electron chi connectivity index (χ2n) is 5.54. The van der Waals surface area contributed by atoms with Crippen molar-refractivity contribution in [2.75, 3.05) is 0 Å². The van der Waals surface area contributed by atoms with Crippen LogP contribution < -0.4 is 5.32 Å². The van der Waals surface area contributed by atoms with Gasteiger partial charge in [-0.05, 0) is 33.6 Å². The van der Waals surface area contributed by atoms with Crippen LogP contribution in [0.25, 0.3) is 0 Å². The van der Waals surface area contributed by atoms with Crippen LogP contribution in [0, 0.1) is 20.8 Å². The fourth-order valence-electron chi connectivity index (χ4n) is 2.71. The summed E-state index contributed by atoms with van der Waals surface area (Å²) in [5.74, 6) is 0.648. The molecule has 1 N–H and O–H groups in total. The lowest BCUT2D eigenvalue weighted by atomic mass is 10.0. The highest BCUT2D eigenvalue weighted by Crippen LogP contribution is 2.24. The van der Waals surface area contributed by atoms with Crippen LogP contribution in [0.1, 0.15) is 65.8 Å². The summed E-state index contributed by atoms with van der Waals surface area (Å²) >= 11 is 0. The molecule has 6 nitrogen and oxygen atoms in total. The molecule has 0 fully saturated rings. The molecule has 0 aliphatic carbocycles. The molecule has 22 heavy (non-hydrogen) atoms. The maximum absolute atomic E-state index is 12.6. The maximum Gasteiger partial charge on any atom is 0.255 e. The molecule has 0 spiro atoms. The van der Waals surface area contributed by atoms with Crippen molar-refractivity contribution >= 4 is 5.91 Å². The van der Waals surface area contributed by atoms with E-state index < -0.39 is 0 Å². The normalized spacial score (nSPS) is 12.4. The van der Waals surface area contributed by atoms with Gasteiger partial charge in [0, 0.05) is 17.8 Å². The van der Waals surface area contributed by atoms with Crippen LogP contribution in [0.4, 0.5) is 0 Å². The number of hydrogen-bond acceptors (Lipinski definition) is 4. The lowest BCUT2D eigenvalue weighted by Crippen LogP contribution is -2.29. The molecule has 1 unspecified atom stereocenters. The molecule has 0 aromatic carbocycles. The van der Waals surface area contributed by atoms with Crippen molar-refractivity contribution in [3.63, 3.8) is 0 Å². The summed E-state index contributed by atoms with van der Waals surface area (Å²) < 4.78 is 7.07. The van der Waals surface area contributed by atoms with Gasteiger partial charge in [-0.2, -0.15) is 5.10 Å². The van der Waals surface area contributed by atoms with Crippen LogP contribution in [0.2, 0.25) is 0 Å². The van der Waals surface area contributed by atoms with E-state index in [9.17, 15) is 4.79 Å². The van der Waals surface area contributed by atoms with Gasteiger partial charge in [-0.25, -0.2) is 0 Å². The Kier molecular flexibility index (Phi) is 5.00. The predicted molar refractivity (Wildman–Crippen MR) is 83.7 cm³/mol. The average Bonchev–Trinajstić information content (AvgIpc) is 3.01. The number of carbonyl (C=O) groups is 1. The Bertz CT molecular complexity index is 638. The molecule has 2 aromatic heterocycles. The van der Waals surface area contributed by atoms with Gasteiger partial charge in [0.15, 0.2) is 0 Å². The molecule has 1 atom stereocenters. The van der Waals surface area contributed by atoms with Gasteiger partial charge in [-0.3, -0.25) is 9.48 Å². The SMILES string of the molecule is CCCn1ncc(C(=O)NC(CC)c2c(C)noc2C)c1C. The van der Waals surface area contributed by atoms with Gasteiger partial charge in [-0.15, -0.1) is 0 Å². The van der Waals surface area contributed by atoms with Crippen LogP contribution in [-0.2, 0) is 6.54 Å². The van der Waals surface area contributed by atoms with E-state index in [0.717, 1.165) is 42.1 Å². The molecule has 0 radical (unpaired) electrons. The Morgan fingerprint density at radius 1 is 1.36 bits per heavy atom. The number of amides is 1. The maximum atomic E-state index is 12.6. The zero-order valence-electron chi connectivity index (χ0n) is 13.9. The molecular formula is C16H24N4O2. The Labute approximate surface area is 130 Å². The van der Waals surface area contributed by atoms with Gasteiger partial charge in [0.2, 0.25) is 0 Å². The largest absolute Gasteiger partial charge is 0.361 e. The number of nitrogens with one attached hydrogen (secondary N) is 1. The third-order valence-corrected chi connectivity index (χ3v) is 3.93. The number of hydrogen-bond donors (Lipinski definition) is 1. The molecule has 6 heteroatoms. The van der Waals surface area contributed by atoms with Crippen molar-refractivity contribution in [3.05, 3.63) is 34.5 Å². The summed E-state index contributed by atoms with van der Waals surface area (Å²) in [6, 6.07) is -0.104. The fourth-order valence-corrected chi connectivity index (χ4v) is 2.71. The van der Waals surface area contributed by atoms with E-state index in [1.165, 1.54) is 0 Å². The van der Waals surface area contributed by atoms with Crippen molar-refractivity contribution in [2.24, 2.45) is 0 Å². The highest BCUT2D eigenvalue weighted by Gasteiger charge is 2.23. The molecule has 120 valence electrons. The average molecular weight is 304 g/mol. The summed E-state index contributed by atoms with van der Waals surface area (Å²) in [5, 5.41) is 11.3. The third kappa shape index (κ3) is 3.05. The van der Waals surface area contributed by atoms with Gasteiger partial charge in [0.1, 0.15) is 5.76 Å². The van der Waals surface area contributed by atoms with Crippen LogP contribution in [0.5, 0.6) is 0 Å². The van der Waals surface area contributed by atoms with Crippen LogP contribution in [0.15, 0.2) is 10.7 Å². The minimum atomic E-state index is -0.105. The third-order valence-electron chi connectivity index (χ3n) is 3.93. The quantitative estimate of drug-likeness (QED) is 0.890. The first-order valence-corrected chi connectivity index (χ1v) is 7.75. The van der Waals surface area contributed by atoms with Crippen LogP contribution >= 0.6 is 0 Å². The zero-order valence-corrected chi connectivity index (χ0v) is 13.9. The molecular weight excluding hydrogens is 280 g/mol. The van der Waals surface area contributed by atoms with Crippen molar-refractivity contribution < 1.29 is 9.32 Å². The van der Waals surface area contributed by atoms with Crippen molar-refractivity contribution in [1.82, 2.24) is 20.3 Å². The molecule has 0 aliphatic rings. The molecule has 0 bridgehead atoms. The monoisotopic (exact) mass is 304 g/mol. The van der Waals surface area contributed by atoms with Crippen LogP contribution in [-0.4, -0.2) is 20.8 Å². The molecule has 0 aliphatic heterocycles. The van der Waals surface area contributed by atoms with E-state index in [4.69, 9.17) is 4.52 Å². The van der Waals surface area contributed by atoms with Crippen LogP contribution in [0.3, 0.4) is 0 Å². The zero-order chi connectivity index (χ0) is 16.3. The molecule has 2 aromatic rings. The van der Waals surface area contributed by atoms with E-state index in [1.807, 2.05) is 32.4 Å². The van der Waals surface area contributed by atoms with Gasteiger partial charge >= 0.3 is 0 Å². The Balaban J connectivity index is 2.20. The topological polar surface area (TPSA) is 73.0 Å². The molecule has 2 rings (SSSR count). The van der Waals surface area contributed by atoms with E-state index in [1.54, 1.807) is 6.20 Å². The summed E-state index contributed by atoms with van der Waals surface area (Å²) in [5.41, 5.74) is 3.31. The molecule has 0 saturated heterocycles. The summed E-state index contributed by atoms with van der Waals surface area (Å²) in [6.07, 6.45) is 3.40. The number of nitrogens with zero attached hydrogens (tertiary/aromatic N) is 3. The van der Waals surface area contributed by atoms with Gasteiger partial charge < -0.3 is 9.84 Å².